The van der Waals surface area contributed by atoms with E-state index in [2.05, 4.69) is 10.2 Å². The van der Waals surface area contributed by atoms with Crippen LogP contribution < -0.4 is 4.74 Å². The van der Waals surface area contributed by atoms with E-state index in [9.17, 15) is 0 Å². The van der Waals surface area contributed by atoms with Crippen molar-refractivity contribution in [1.82, 2.24) is 10.2 Å². The third kappa shape index (κ3) is 1.25. The van der Waals surface area contributed by atoms with E-state index < -0.39 is 0 Å². The Morgan fingerprint density at radius 3 is 2.92 bits per heavy atom. The molecule has 0 atom stereocenters. The van der Waals surface area contributed by atoms with Crippen LogP contribution in [0.5, 0.6) is 5.75 Å². The summed E-state index contributed by atoms with van der Waals surface area (Å²) < 4.78 is 5.10. The number of fused-ring (bicyclic) bond motifs is 1. The van der Waals surface area contributed by atoms with Gasteiger partial charge in [-0.25, -0.2) is 0 Å². The summed E-state index contributed by atoms with van der Waals surface area (Å²) in [5.41, 5.74) is 1.79. The van der Waals surface area contributed by atoms with Gasteiger partial charge >= 0.3 is 0 Å². The van der Waals surface area contributed by atoms with Gasteiger partial charge in [-0.05, 0) is 13.0 Å². The van der Waals surface area contributed by atoms with E-state index in [-0.39, 0.29) is 0 Å². The number of hydrogen-bond acceptors (Lipinski definition) is 2. The summed E-state index contributed by atoms with van der Waals surface area (Å²) in [5.74, 6) is 0.752. The summed E-state index contributed by atoms with van der Waals surface area (Å²) in [4.78, 5) is 0. The fourth-order valence-corrected chi connectivity index (χ4v) is 1.54. The molecule has 1 aromatic heterocycles. The molecule has 3 nitrogen and oxygen atoms in total. The summed E-state index contributed by atoms with van der Waals surface area (Å²) in [5, 5.41) is 8.57. The molecule has 0 aliphatic carbocycles. The monoisotopic (exact) mass is 196 g/mol. The van der Waals surface area contributed by atoms with Gasteiger partial charge < -0.3 is 4.74 Å². The molecule has 2 rings (SSSR count). The minimum absolute atomic E-state index is 0.610. The van der Waals surface area contributed by atoms with E-state index in [1.54, 1.807) is 13.2 Å². The number of H-pyrrole nitrogens is 1. The number of rotatable bonds is 1. The normalized spacial score (nSPS) is 10.7. The summed E-state index contributed by atoms with van der Waals surface area (Å²) in [7, 11) is 1.62. The highest BCUT2D eigenvalue weighted by molar-refractivity contribution is 6.35. The van der Waals surface area contributed by atoms with Crippen molar-refractivity contribution in [1.29, 1.82) is 0 Å². The molecule has 0 unspecified atom stereocenters. The molecule has 1 aromatic carbocycles. The highest BCUT2D eigenvalue weighted by atomic mass is 35.5. The number of ether oxygens (including phenoxy) is 1. The molecule has 68 valence electrons. The zero-order valence-corrected chi connectivity index (χ0v) is 8.14. The van der Waals surface area contributed by atoms with Crippen LogP contribution in [0.2, 0.25) is 5.02 Å². The maximum atomic E-state index is 5.99. The quantitative estimate of drug-likeness (QED) is 0.761. The molecule has 0 aliphatic heterocycles. The van der Waals surface area contributed by atoms with Gasteiger partial charge in [0.2, 0.25) is 0 Å². The first-order valence-electron chi connectivity index (χ1n) is 3.90. The molecular formula is C9H9ClN2O. The first-order valence-corrected chi connectivity index (χ1v) is 4.28. The highest BCUT2D eigenvalue weighted by Crippen LogP contribution is 2.28. The molecule has 4 heteroatoms. The third-order valence-electron chi connectivity index (χ3n) is 2.01. The minimum atomic E-state index is 0.610. The maximum absolute atomic E-state index is 5.99. The third-order valence-corrected chi connectivity index (χ3v) is 2.30. The average Bonchev–Trinajstić information content (AvgIpc) is 2.48. The Kier molecular flexibility index (Phi) is 1.88. The van der Waals surface area contributed by atoms with Crippen LogP contribution in [0.25, 0.3) is 10.9 Å². The van der Waals surface area contributed by atoms with E-state index in [1.807, 2.05) is 13.0 Å². The van der Waals surface area contributed by atoms with Gasteiger partial charge in [-0.3, -0.25) is 5.10 Å². The molecule has 0 spiro atoms. The maximum Gasteiger partial charge on any atom is 0.121 e. The predicted molar refractivity (Wildman–Crippen MR) is 52.4 cm³/mol. The van der Waals surface area contributed by atoms with Gasteiger partial charge in [-0.15, -0.1) is 0 Å². The summed E-state index contributed by atoms with van der Waals surface area (Å²) >= 11 is 5.99. The van der Waals surface area contributed by atoms with Crippen molar-refractivity contribution in [3.05, 3.63) is 22.8 Å². The van der Waals surface area contributed by atoms with Gasteiger partial charge in [0.15, 0.2) is 0 Å². The summed E-state index contributed by atoms with van der Waals surface area (Å²) in [6.07, 6.45) is 0. The number of aromatic amines is 1. The molecule has 0 bridgehead atoms. The molecule has 1 N–H and O–H groups in total. The second-order valence-electron chi connectivity index (χ2n) is 2.85. The van der Waals surface area contributed by atoms with Crippen LogP contribution in [0, 0.1) is 6.92 Å². The van der Waals surface area contributed by atoms with Gasteiger partial charge in [-0.2, -0.15) is 5.10 Å². The summed E-state index contributed by atoms with van der Waals surface area (Å²) in [6, 6.07) is 3.67. The Balaban J connectivity index is 2.80. The molecular weight excluding hydrogens is 188 g/mol. The fraction of sp³-hybridized carbons (Fsp3) is 0.222. The zero-order valence-electron chi connectivity index (χ0n) is 7.39. The van der Waals surface area contributed by atoms with E-state index in [1.165, 1.54) is 0 Å². The topological polar surface area (TPSA) is 37.9 Å². The molecule has 2 aromatic rings. The van der Waals surface area contributed by atoms with Crippen LogP contribution >= 0.6 is 11.6 Å². The van der Waals surface area contributed by atoms with Gasteiger partial charge in [0.1, 0.15) is 11.3 Å². The van der Waals surface area contributed by atoms with Crippen LogP contribution in [-0.2, 0) is 0 Å². The second kappa shape index (κ2) is 2.92. The Morgan fingerprint density at radius 1 is 1.46 bits per heavy atom. The van der Waals surface area contributed by atoms with Gasteiger partial charge in [-0.1, -0.05) is 11.6 Å². The first-order chi connectivity index (χ1) is 6.22. The molecule has 13 heavy (non-hydrogen) atoms. The Morgan fingerprint density at radius 2 is 2.23 bits per heavy atom. The Labute approximate surface area is 80.7 Å². The average molecular weight is 197 g/mol. The SMILES string of the molecule is COc1cc(Cl)c2n[nH]c(C)c2c1. The number of methoxy groups -OCH3 is 1. The zero-order chi connectivity index (χ0) is 9.42. The van der Waals surface area contributed by atoms with Crippen LogP contribution in [0.15, 0.2) is 12.1 Å². The molecule has 0 saturated heterocycles. The lowest BCUT2D eigenvalue weighted by molar-refractivity contribution is 0.415. The van der Waals surface area contributed by atoms with Crippen molar-refractivity contribution in [2.75, 3.05) is 7.11 Å². The van der Waals surface area contributed by atoms with Crippen molar-refractivity contribution >= 4 is 22.5 Å². The van der Waals surface area contributed by atoms with Crippen molar-refractivity contribution in [3.8, 4) is 5.75 Å². The van der Waals surface area contributed by atoms with E-state index in [0.29, 0.717) is 5.02 Å². The number of aryl methyl sites for hydroxylation is 1. The number of aromatic nitrogens is 2. The lowest BCUT2D eigenvalue weighted by Crippen LogP contribution is -1.82. The van der Waals surface area contributed by atoms with E-state index in [0.717, 1.165) is 22.3 Å². The number of nitrogens with one attached hydrogen (secondary N) is 1. The standard InChI is InChI=1S/C9H9ClN2O/c1-5-7-3-6(13-2)4-8(10)9(7)12-11-5/h3-4H,1-2H3,(H,11,12). The largest absolute Gasteiger partial charge is 0.497 e. The van der Waals surface area contributed by atoms with E-state index >= 15 is 0 Å². The lowest BCUT2D eigenvalue weighted by atomic mass is 10.2. The second-order valence-corrected chi connectivity index (χ2v) is 3.26. The Bertz CT molecular complexity index is 450. The van der Waals surface area contributed by atoms with Gasteiger partial charge in [0.25, 0.3) is 0 Å². The molecule has 0 amide bonds. The Hall–Kier alpha value is -1.22. The predicted octanol–water partition coefficient (Wildman–Crippen LogP) is 2.53. The number of hydrogen-bond donors (Lipinski definition) is 1. The van der Waals surface area contributed by atoms with Crippen molar-refractivity contribution in [3.63, 3.8) is 0 Å². The summed E-state index contributed by atoms with van der Waals surface area (Å²) in [6.45, 7) is 1.95. The van der Waals surface area contributed by atoms with Crippen LogP contribution in [0.4, 0.5) is 0 Å². The van der Waals surface area contributed by atoms with Gasteiger partial charge in [0, 0.05) is 17.1 Å². The van der Waals surface area contributed by atoms with Gasteiger partial charge in [0.05, 0.1) is 12.1 Å². The van der Waals surface area contributed by atoms with E-state index in [4.69, 9.17) is 16.3 Å². The van der Waals surface area contributed by atoms with Crippen LogP contribution in [0.3, 0.4) is 0 Å². The molecule has 0 fully saturated rings. The minimum Gasteiger partial charge on any atom is -0.497 e. The number of halogens is 1. The van der Waals surface area contributed by atoms with Crippen molar-refractivity contribution < 1.29 is 4.74 Å². The van der Waals surface area contributed by atoms with Crippen molar-refractivity contribution in [2.24, 2.45) is 0 Å². The smallest absolute Gasteiger partial charge is 0.121 e. The first kappa shape index (κ1) is 8.38. The van der Waals surface area contributed by atoms with Crippen LogP contribution in [0.1, 0.15) is 5.69 Å². The lowest BCUT2D eigenvalue weighted by Gasteiger charge is -2.00. The fourth-order valence-electron chi connectivity index (χ4n) is 1.29. The molecule has 0 aliphatic rings. The number of nitrogens with zero attached hydrogens (tertiary/aromatic N) is 1. The highest BCUT2D eigenvalue weighted by Gasteiger charge is 2.07. The molecule has 0 saturated carbocycles. The molecule has 0 radical (unpaired) electrons. The van der Waals surface area contributed by atoms with Crippen LogP contribution in [-0.4, -0.2) is 17.3 Å². The number of benzene rings is 1. The molecule has 1 heterocycles. The van der Waals surface area contributed by atoms with Crippen molar-refractivity contribution in [2.45, 2.75) is 6.92 Å².